The van der Waals surface area contributed by atoms with E-state index in [9.17, 15) is 0 Å². The fraction of sp³-hybridized carbons (Fsp3) is 0. The number of fused-ring (bicyclic) bond motifs is 2. The van der Waals surface area contributed by atoms with Gasteiger partial charge in [-0.3, -0.25) is 0 Å². The first-order valence-electron chi connectivity index (χ1n) is 9.40. The summed E-state index contributed by atoms with van der Waals surface area (Å²) in [6, 6.07) is 33.9. The Kier molecular flexibility index (Phi) is 4.75. The van der Waals surface area contributed by atoms with E-state index >= 15 is 0 Å². The first-order valence-corrected chi connectivity index (χ1v) is 11.8. The molecule has 0 N–H and O–H groups in total. The number of hydrogen-bond donors (Lipinski definition) is 0. The highest BCUT2D eigenvalue weighted by molar-refractivity contribution is 8.34. The second kappa shape index (κ2) is 7.42. The van der Waals surface area contributed by atoms with Crippen LogP contribution < -0.4 is 0 Å². The fourth-order valence-electron chi connectivity index (χ4n) is 4.01. The predicted molar refractivity (Wildman–Crippen MR) is 125 cm³/mol. The van der Waals surface area contributed by atoms with Crippen LogP contribution in [-0.4, -0.2) is 0 Å². The molecule has 0 radical (unpaired) electrons. The Hall–Kier alpha value is -2.45. The molecule has 1 aliphatic rings. The third-order valence-corrected chi connectivity index (χ3v) is 9.70. The van der Waals surface area contributed by atoms with E-state index in [-0.39, 0.29) is 0 Å². The second-order valence-electron chi connectivity index (χ2n) is 6.94. The molecular formula is C26H18Cl2S. The van der Waals surface area contributed by atoms with E-state index in [4.69, 9.17) is 23.2 Å². The Morgan fingerprint density at radius 1 is 0.483 bits per heavy atom. The molecule has 0 fully saturated rings. The Morgan fingerprint density at radius 3 is 1.31 bits per heavy atom. The van der Waals surface area contributed by atoms with Gasteiger partial charge in [0.15, 0.2) is 0 Å². The van der Waals surface area contributed by atoms with Gasteiger partial charge in [0.2, 0.25) is 0 Å². The van der Waals surface area contributed by atoms with Gasteiger partial charge in [0.1, 0.15) is 0 Å². The number of benzene rings is 4. The van der Waals surface area contributed by atoms with E-state index in [2.05, 4.69) is 97.1 Å². The number of rotatable bonds is 2. The lowest BCUT2D eigenvalue weighted by Crippen LogP contribution is -2.07. The molecule has 0 saturated carbocycles. The Morgan fingerprint density at radius 2 is 0.897 bits per heavy atom. The van der Waals surface area contributed by atoms with Crippen LogP contribution in [0.3, 0.4) is 0 Å². The fourth-order valence-corrected chi connectivity index (χ4v) is 8.73. The largest absolute Gasteiger partial charge is 0.132 e. The van der Waals surface area contributed by atoms with E-state index in [1.807, 2.05) is 12.1 Å². The van der Waals surface area contributed by atoms with Gasteiger partial charge in [0, 0.05) is 29.6 Å². The molecule has 0 nitrogen and oxygen atoms in total. The van der Waals surface area contributed by atoms with Crippen LogP contribution in [0.1, 0.15) is 11.1 Å². The molecule has 0 bridgehead atoms. The van der Waals surface area contributed by atoms with Gasteiger partial charge in [-0.25, -0.2) is 0 Å². The Bertz CT molecular complexity index is 1120. The molecule has 0 saturated heterocycles. The molecule has 5 rings (SSSR count). The summed E-state index contributed by atoms with van der Waals surface area (Å²) in [5.41, 5.74) is 2.37. The van der Waals surface area contributed by atoms with E-state index < -0.39 is 10.0 Å². The highest BCUT2D eigenvalue weighted by Crippen LogP contribution is 2.75. The number of hydrogen-bond acceptors (Lipinski definition) is 0. The Labute approximate surface area is 182 Å². The van der Waals surface area contributed by atoms with Crippen molar-refractivity contribution in [3.8, 4) is 0 Å². The van der Waals surface area contributed by atoms with Gasteiger partial charge < -0.3 is 0 Å². The highest BCUT2D eigenvalue weighted by atomic mass is 35.5. The summed E-state index contributed by atoms with van der Waals surface area (Å²) in [5, 5.41) is 1.48. The molecule has 0 amide bonds. The summed E-state index contributed by atoms with van der Waals surface area (Å²) in [5.74, 6) is 0. The van der Waals surface area contributed by atoms with Gasteiger partial charge in [-0.1, -0.05) is 83.9 Å². The van der Waals surface area contributed by atoms with Crippen molar-refractivity contribution in [2.75, 3.05) is 0 Å². The summed E-state index contributed by atoms with van der Waals surface area (Å²) in [4.78, 5) is 5.00. The van der Waals surface area contributed by atoms with E-state index in [0.717, 1.165) is 10.0 Å². The lowest BCUT2D eigenvalue weighted by molar-refractivity contribution is 1.23. The van der Waals surface area contributed by atoms with Crippen molar-refractivity contribution in [2.45, 2.75) is 19.6 Å². The maximum Gasteiger partial charge on any atom is 0.0417 e. The average Bonchev–Trinajstić information content (AvgIpc) is 2.89. The van der Waals surface area contributed by atoms with E-state index in [1.165, 1.54) is 30.7 Å². The topological polar surface area (TPSA) is 0 Å². The van der Waals surface area contributed by atoms with Crippen LogP contribution in [0.15, 0.2) is 117 Å². The molecule has 1 heterocycles. The molecule has 0 unspecified atom stereocenters. The minimum absolute atomic E-state index is 0.742. The van der Waals surface area contributed by atoms with Crippen LogP contribution in [0, 0.1) is 0 Å². The monoisotopic (exact) mass is 432 g/mol. The first kappa shape index (κ1) is 18.6. The first-order chi connectivity index (χ1) is 14.2. The quantitative estimate of drug-likeness (QED) is 0.261. The average molecular weight is 433 g/mol. The summed E-state index contributed by atoms with van der Waals surface area (Å²) in [7, 11) is -1.79. The van der Waals surface area contributed by atoms with Crippen molar-refractivity contribution >= 4 is 45.4 Å². The minimum atomic E-state index is -1.79. The molecule has 1 aliphatic heterocycles. The molecule has 4 aromatic rings. The summed E-state index contributed by atoms with van der Waals surface area (Å²) < 4.78 is 0. The predicted octanol–water partition coefficient (Wildman–Crippen LogP) is 8.82. The molecule has 142 valence electrons. The minimum Gasteiger partial charge on any atom is -0.132 e. The summed E-state index contributed by atoms with van der Waals surface area (Å²) >= 11 is 13.1. The van der Waals surface area contributed by atoms with Crippen LogP contribution in [0.4, 0.5) is 0 Å². The van der Waals surface area contributed by atoms with Crippen LogP contribution >= 0.6 is 33.2 Å². The van der Waals surface area contributed by atoms with Gasteiger partial charge in [-0.05, 0) is 59.7 Å². The van der Waals surface area contributed by atoms with Crippen LogP contribution in [0.5, 0.6) is 0 Å². The standard InChI is InChI=1S/C26H18Cl2S/c27-21-15-13-19-11-12-20-14-16-22(28)18-26(20)29(25(19)17-21,23-7-3-1-4-8-23)24-9-5-2-6-10-24/h1-18H. The third kappa shape index (κ3) is 3.02. The van der Waals surface area contributed by atoms with Gasteiger partial charge >= 0.3 is 0 Å². The van der Waals surface area contributed by atoms with Gasteiger partial charge in [-0.15, -0.1) is 10.0 Å². The lowest BCUT2D eigenvalue weighted by atomic mass is 10.1. The van der Waals surface area contributed by atoms with Crippen molar-refractivity contribution < 1.29 is 0 Å². The number of halogens is 2. The van der Waals surface area contributed by atoms with E-state index in [0.29, 0.717) is 0 Å². The van der Waals surface area contributed by atoms with Crippen LogP contribution in [0.2, 0.25) is 10.0 Å². The van der Waals surface area contributed by atoms with Gasteiger partial charge in [-0.2, -0.15) is 0 Å². The molecule has 0 spiro atoms. The van der Waals surface area contributed by atoms with Crippen molar-refractivity contribution in [1.82, 2.24) is 0 Å². The van der Waals surface area contributed by atoms with Crippen LogP contribution in [-0.2, 0) is 0 Å². The normalized spacial score (nSPS) is 15.1. The maximum absolute atomic E-state index is 6.55. The summed E-state index contributed by atoms with van der Waals surface area (Å²) in [6.07, 6.45) is 4.39. The molecule has 4 aromatic carbocycles. The zero-order valence-electron chi connectivity index (χ0n) is 15.6. The summed E-state index contributed by atoms with van der Waals surface area (Å²) in [6.45, 7) is 0. The van der Waals surface area contributed by atoms with Crippen LogP contribution in [0.25, 0.3) is 12.2 Å². The molecule has 0 atom stereocenters. The van der Waals surface area contributed by atoms with Crippen molar-refractivity contribution in [2.24, 2.45) is 0 Å². The third-order valence-electron chi connectivity index (χ3n) is 5.25. The van der Waals surface area contributed by atoms with Gasteiger partial charge in [0.05, 0.1) is 0 Å². The highest BCUT2D eigenvalue weighted by Gasteiger charge is 2.37. The van der Waals surface area contributed by atoms with Gasteiger partial charge in [0.25, 0.3) is 0 Å². The maximum atomic E-state index is 6.55. The molecule has 29 heavy (non-hydrogen) atoms. The Balaban J connectivity index is 2.02. The molecule has 3 heteroatoms. The molecule has 0 aliphatic carbocycles. The lowest BCUT2D eigenvalue weighted by Gasteiger charge is -2.43. The van der Waals surface area contributed by atoms with Crippen molar-refractivity contribution in [3.05, 3.63) is 118 Å². The molecular weight excluding hydrogens is 415 g/mol. The molecule has 0 aromatic heterocycles. The van der Waals surface area contributed by atoms with Crippen molar-refractivity contribution in [1.29, 1.82) is 0 Å². The zero-order valence-corrected chi connectivity index (χ0v) is 17.9. The second-order valence-corrected chi connectivity index (χ2v) is 10.9. The van der Waals surface area contributed by atoms with E-state index in [1.54, 1.807) is 0 Å². The smallest absolute Gasteiger partial charge is 0.0417 e. The SMILES string of the molecule is Clc1ccc2c(c1)S(c1ccccc1)(c1ccccc1)c1cc(Cl)ccc1C=C2. The van der Waals surface area contributed by atoms with Crippen molar-refractivity contribution in [3.63, 3.8) is 0 Å². The zero-order chi connectivity index (χ0) is 19.8.